The van der Waals surface area contributed by atoms with Gasteiger partial charge < -0.3 is 5.43 Å². The topological polar surface area (TPSA) is 119 Å². The van der Waals surface area contributed by atoms with E-state index in [1.54, 1.807) is 0 Å². The smallest absolute Gasteiger partial charge is 0.291 e. The number of nitro groups is 1. The molecule has 0 radical (unpaired) electrons. The number of nitrogens with one attached hydrogen (secondary N) is 1. The van der Waals surface area contributed by atoms with Crippen LogP contribution >= 0.6 is 0 Å². The molecule has 1 saturated heterocycles. The third-order valence-electron chi connectivity index (χ3n) is 3.58. The van der Waals surface area contributed by atoms with Crippen LogP contribution < -0.4 is 11.3 Å². The normalized spacial score (nSPS) is 18.6. The summed E-state index contributed by atoms with van der Waals surface area (Å²) >= 11 is 0. The van der Waals surface area contributed by atoms with Crippen LogP contribution in [0, 0.1) is 15.5 Å². The summed E-state index contributed by atoms with van der Waals surface area (Å²) in [6.07, 6.45) is 0.725. The minimum atomic E-state index is -3.89. The maximum Gasteiger partial charge on any atom is 0.291 e. The van der Waals surface area contributed by atoms with Crippen LogP contribution in [0.25, 0.3) is 0 Å². The third kappa shape index (κ3) is 2.99. The van der Waals surface area contributed by atoms with Crippen LogP contribution in [0.4, 0.5) is 11.4 Å². The van der Waals surface area contributed by atoms with E-state index in [1.165, 1.54) is 16.4 Å². The number of hydrazine groups is 1. The van der Waals surface area contributed by atoms with Crippen molar-refractivity contribution in [2.24, 2.45) is 11.3 Å². The Labute approximate surface area is 123 Å². The van der Waals surface area contributed by atoms with Crippen molar-refractivity contribution in [3.05, 3.63) is 28.3 Å². The second-order valence-corrected chi connectivity index (χ2v) is 7.74. The predicted octanol–water partition coefficient (Wildman–Crippen LogP) is 1.30. The first-order valence-electron chi connectivity index (χ1n) is 6.43. The molecule has 1 aliphatic heterocycles. The van der Waals surface area contributed by atoms with Crippen LogP contribution in [-0.2, 0) is 10.0 Å². The number of hydrogen-bond acceptors (Lipinski definition) is 6. The average Bonchev–Trinajstić information content (AvgIpc) is 2.79. The second kappa shape index (κ2) is 5.24. The second-order valence-electron chi connectivity index (χ2n) is 5.84. The Hall–Kier alpha value is -1.71. The van der Waals surface area contributed by atoms with Crippen molar-refractivity contribution in [2.45, 2.75) is 25.2 Å². The molecule has 9 heteroatoms. The molecule has 1 aromatic carbocycles. The Morgan fingerprint density at radius 2 is 2.10 bits per heavy atom. The van der Waals surface area contributed by atoms with Crippen LogP contribution in [0.3, 0.4) is 0 Å². The van der Waals surface area contributed by atoms with Gasteiger partial charge in [-0.05, 0) is 24.0 Å². The molecule has 1 heterocycles. The highest BCUT2D eigenvalue weighted by Gasteiger charge is 2.39. The number of nitro benzene ring substituents is 1. The number of hydrogen-bond donors (Lipinski definition) is 2. The molecule has 21 heavy (non-hydrogen) atoms. The van der Waals surface area contributed by atoms with Crippen molar-refractivity contribution < 1.29 is 13.3 Å². The monoisotopic (exact) mass is 314 g/mol. The molecule has 0 amide bonds. The molecule has 0 saturated carbocycles. The fourth-order valence-corrected chi connectivity index (χ4v) is 4.14. The van der Waals surface area contributed by atoms with Crippen LogP contribution in [-0.4, -0.2) is 30.7 Å². The van der Waals surface area contributed by atoms with Crippen molar-refractivity contribution in [3.8, 4) is 0 Å². The molecule has 0 atom stereocenters. The summed E-state index contributed by atoms with van der Waals surface area (Å²) in [5.41, 5.74) is 1.95. The van der Waals surface area contributed by atoms with Gasteiger partial charge in [0, 0.05) is 19.2 Å². The van der Waals surface area contributed by atoms with Crippen molar-refractivity contribution in [3.63, 3.8) is 0 Å². The van der Waals surface area contributed by atoms with Gasteiger partial charge in [-0.1, -0.05) is 13.8 Å². The lowest BCUT2D eigenvalue weighted by Gasteiger charge is -2.19. The molecular weight excluding hydrogens is 296 g/mol. The van der Waals surface area contributed by atoms with E-state index in [-0.39, 0.29) is 16.0 Å². The number of sulfonamides is 1. The molecule has 1 fully saturated rings. The molecule has 1 aliphatic rings. The van der Waals surface area contributed by atoms with Gasteiger partial charge in [-0.25, -0.2) is 8.42 Å². The summed E-state index contributed by atoms with van der Waals surface area (Å²) in [6.45, 7) is 4.66. The van der Waals surface area contributed by atoms with Gasteiger partial charge in [0.15, 0.2) is 4.90 Å². The fourth-order valence-electron chi connectivity index (χ4n) is 2.38. The van der Waals surface area contributed by atoms with Crippen molar-refractivity contribution in [2.75, 3.05) is 18.5 Å². The van der Waals surface area contributed by atoms with Gasteiger partial charge in [0.05, 0.1) is 10.6 Å². The summed E-state index contributed by atoms with van der Waals surface area (Å²) < 4.78 is 26.5. The zero-order valence-corrected chi connectivity index (χ0v) is 12.7. The Kier molecular flexibility index (Phi) is 3.91. The first-order chi connectivity index (χ1) is 9.67. The Balaban J connectivity index is 2.48. The van der Waals surface area contributed by atoms with E-state index in [0.717, 1.165) is 12.5 Å². The first-order valence-corrected chi connectivity index (χ1v) is 7.87. The maximum absolute atomic E-state index is 12.6. The minimum absolute atomic E-state index is 0.124. The zero-order valence-electron chi connectivity index (χ0n) is 11.9. The average molecular weight is 314 g/mol. The highest BCUT2D eigenvalue weighted by molar-refractivity contribution is 7.89. The van der Waals surface area contributed by atoms with Crippen LogP contribution in [0.5, 0.6) is 0 Å². The summed E-state index contributed by atoms with van der Waals surface area (Å²) in [5.74, 6) is 5.20. The van der Waals surface area contributed by atoms with Crippen molar-refractivity contribution >= 4 is 21.4 Å². The lowest BCUT2D eigenvalue weighted by molar-refractivity contribution is -0.387. The molecule has 0 spiro atoms. The fraction of sp³-hybridized carbons (Fsp3) is 0.500. The Bertz CT molecular complexity index is 672. The number of rotatable bonds is 4. The highest BCUT2D eigenvalue weighted by Crippen LogP contribution is 2.35. The number of benzene rings is 1. The molecule has 116 valence electrons. The number of nitrogen functional groups attached to an aromatic ring is 1. The molecule has 0 bridgehead atoms. The third-order valence-corrected chi connectivity index (χ3v) is 5.48. The van der Waals surface area contributed by atoms with Crippen LogP contribution in [0.15, 0.2) is 23.1 Å². The zero-order chi connectivity index (χ0) is 15.8. The molecule has 8 nitrogen and oxygen atoms in total. The van der Waals surface area contributed by atoms with E-state index >= 15 is 0 Å². The highest BCUT2D eigenvalue weighted by atomic mass is 32.2. The van der Waals surface area contributed by atoms with Crippen LogP contribution in [0.1, 0.15) is 20.3 Å². The van der Waals surface area contributed by atoms with E-state index in [2.05, 4.69) is 5.43 Å². The van der Waals surface area contributed by atoms with E-state index in [0.29, 0.717) is 13.1 Å². The van der Waals surface area contributed by atoms with Crippen molar-refractivity contribution in [1.82, 2.24) is 4.31 Å². The molecule has 2 rings (SSSR count). The summed E-state index contributed by atoms with van der Waals surface area (Å²) in [6, 6.07) is 3.74. The van der Waals surface area contributed by atoms with Gasteiger partial charge in [0.25, 0.3) is 5.69 Å². The molecule has 0 unspecified atom stereocenters. The van der Waals surface area contributed by atoms with Gasteiger partial charge in [-0.3, -0.25) is 16.0 Å². The van der Waals surface area contributed by atoms with Gasteiger partial charge in [-0.2, -0.15) is 4.31 Å². The summed E-state index contributed by atoms with van der Waals surface area (Å²) in [5, 5.41) is 11.1. The lowest BCUT2D eigenvalue weighted by Crippen LogP contribution is -2.30. The maximum atomic E-state index is 12.6. The lowest BCUT2D eigenvalue weighted by atomic mass is 9.93. The van der Waals surface area contributed by atoms with Gasteiger partial charge >= 0.3 is 0 Å². The number of anilines is 1. The summed E-state index contributed by atoms with van der Waals surface area (Å²) in [4.78, 5) is 10.1. The molecule has 3 N–H and O–H groups in total. The van der Waals surface area contributed by atoms with E-state index in [1.807, 2.05) is 13.8 Å². The van der Waals surface area contributed by atoms with Gasteiger partial charge in [0.2, 0.25) is 10.0 Å². The minimum Gasteiger partial charge on any atom is -0.324 e. The molecular formula is C12H18N4O4S. The van der Waals surface area contributed by atoms with E-state index < -0.39 is 20.6 Å². The first kappa shape index (κ1) is 15.7. The Morgan fingerprint density at radius 3 is 2.57 bits per heavy atom. The number of nitrogens with zero attached hydrogens (tertiary/aromatic N) is 2. The Morgan fingerprint density at radius 1 is 1.43 bits per heavy atom. The quantitative estimate of drug-likeness (QED) is 0.491. The summed E-state index contributed by atoms with van der Waals surface area (Å²) in [7, 11) is -3.89. The SMILES string of the molecule is CC1(C)CCN(S(=O)(=O)c2ccc(NN)cc2[N+](=O)[O-])C1. The van der Waals surface area contributed by atoms with Crippen molar-refractivity contribution in [1.29, 1.82) is 0 Å². The van der Waals surface area contributed by atoms with Gasteiger partial charge in [-0.15, -0.1) is 0 Å². The van der Waals surface area contributed by atoms with Crippen LogP contribution in [0.2, 0.25) is 0 Å². The molecule has 0 aromatic heterocycles. The largest absolute Gasteiger partial charge is 0.324 e. The van der Waals surface area contributed by atoms with E-state index in [9.17, 15) is 18.5 Å². The molecule has 0 aliphatic carbocycles. The number of nitrogens with two attached hydrogens (primary N) is 1. The standard InChI is InChI=1S/C12H18N4O4S/c1-12(2)5-6-15(8-12)21(19,20)11-4-3-9(14-13)7-10(11)16(17)18/h3-4,7,14H,5-6,8,13H2,1-2H3. The van der Waals surface area contributed by atoms with E-state index in [4.69, 9.17) is 5.84 Å². The van der Waals surface area contributed by atoms with Gasteiger partial charge in [0.1, 0.15) is 0 Å². The predicted molar refractivity (Wildman–Crippen MR) is 78.1 cm³/mol. The molecule has 1 aromatic rings.